The van der Waals surface area contributed by atoms with Gasteiger partial charge in [-0.2, -0.15) is 13.2 Å². The highest BCUT2D eigenvalue weighted by molar-refractivity contribution is 5.82. The molecular formula is C10H5F4N. The third-order valence-electron chi connectivity index (χ3n) is 2.02. The smallest absolute Gasteiger partial charge is 0.256 e. The van der Waals surface area contributed by atoms with Crippen LogP contribution in [0.3, 0.4) is 0 Å². The van der Waals surface area contributed by atoms with E-state index in [2.05, 4.69) is 4.98 Å². The van der Waals surface area contributed by atoms with Gasteiger partial charge in [-0.3, -0.25) is 4.98 Å². The molecule has 1 heterocycles. The number of nitrogens with zero attached hydrogens (tertiary/aromatic N) is 1. The summed E-state index contributed by atoms with van der Waals surface area (Å²) in [6.07, 6.45) is -3.31. The third kappa shape index (κ3) is 1.65. The summed E-state index contributed by atoms with van der Waals surface area (Å²) in [5.41, 5.74) is -1.27. The lowest BCUT2D eigenvalue weighted by atomic mass is 10.1. The first kappa shape index (κ1) is 9.89. The van der Waals surface area contributed by atoms with Crippen LogP contribution in [0.5, 0.6) is 0 Å². The highest BCUT2D eigenvalue weighted by Gasteiger charge is 2.33. The molecule has 5 heteroatoms. The Hall–Kier alpha value is -1.65. The molecule has 0 radical (unpaired) electrons. The van der Waals surface area contributed by atoms with E-state index in [1.807, 2.05) is 0 Å². The lowest BCUT2D eigenvalue weighted by Crippen LogP contribution is -2.06. The first-order chi connectivity index (χ1) is 7.00. The molecule has 0 aliphatic rings. The lowest BCUT2D eigenvalue weighted by Gasteiger charge is -2.09. The van der Waals surface area contributed by atoms with Gasteiger partial charge in [0.05, 0.1) is 11.1 Å². The molecule has 1 nitrogen and oxygen atoms in total. The highest BCUT2D eigenvalue weighted by atomic mass is 19.4. The lowest BCUT2D eigenvalue weighted by molar-refractivity contribution is -0.136. The Morgan fingerprint density at radius 2 is 1.80 bits per heavy atom. The van der Waals surface area contributed by atoms with E-state index in [9.17, 15) is 17.6 Å². The molecule has 0 aliphatic heterocycles. The van der Waals surface area contributed by atoms with E-state index < -0.39 is 17.6 Å². The van der Waals surface area contributed by atoms with Crippen molar-refractivity contribution in [3.63, 3.8) is 0 Å². The molecule has 1 aromatic heterocycles. The summed E-state index contributed by atoms with van der Waals surface area (Å²) in [6.45, 7) is 0. The first-order valence-corrected chi connectivity index (χ1v) is 4.10. The molecule has 0 saturated heterocycles. The zero-order valence-electron chi connectivity index (χ0n) is 7.35. The molecule has 0 aliphatic carbocycles. The van der Waals surface area contributed by atoms with Crippen molar-refractivity contribution >= 4 is 10.9 Å². The molecule has 0 saturated carbocycles. The summed E-state index contributed by atoms with van der Waals surface area (Å²) in [7, 11) is 0. The van der Waals surface area contributed by atoms with Crippen LogP contribution in [0.2, 0.25) is 0 Å². The minimum absolute atomic E-state index is 0.118. The van der Waals surface area contributed by atoms with Crippen LogP contribution in [-0.2, 0) is 6.18 Å². The quantitative estimate of drug-likeness (QED) is 0.614. The van der Waals surface area contributed by atoms with Crippen LogP contribution in [-0.4, -0.2) is 4.98 Å². The molecular weight excluding hydrogens is 210 g/mol. The van der Waals surface area contributed by atoms with Crippen LogP contribution in [0.15, 0.2) is 30.5 Å². The van der Waals surface area contributed by atoms with Crippen molar-refractivity contribution in [2.45, 2.75) is 6.18 Å². The molecule has 0 bridgehead atoms. The molecule has 2 aromatic rings. The van der Waals surface area contributed by atoms with Crippen LogP contribution in [0, 0.1) is 5.82 Å². The number of pyridine rings is 1. The van der Waals surface area contributed by atoms with Gasteiger partial charge in [0.15, 0.2) is 0 Å². The maximum absolute atomic E-state index is 13.1. The van der Waals surface area contributed by atoms with E-state index in [1.165, 1.54) is 18.3 Å². The number of alkyl halides is 3. The number of rotatable bonds is 0. The number of hydrogen-bond acceptors (Lipinski definition) is 1. The minimum atomic E-state index is -4.51. The van der Waals surface area contributed by atoms with E-state index in [-0.39, 0.29) is 10.9 Å². The van der Waals surface area contributed by atoms with Crippen molar-refractivity contribution in [2.75, 3.05) is 0 Å². The van der Waals surface area contributed by atoms with Crippen molar-refractivity contribution in [3.8, 4) is 0 Å². The topological polar surface area (TPSA) is 12.9 Å². The van der Waals surface area contributed by atoms with Gasteiger partial charge in [-0.25, -0.2) is 4.39 Å². The Morgan fingerprint density at radius 1 is 1.07 bits per heavy atom. The fraction of sp³-hybridized carbons (Fsp3) is 0.100. The second-order valence-corrected chi connectivity index (χ2v) is 2.99. The summed E-state index contributed by atoms with van der Waals surface area (Å²) in [6, 6.07) is 4.16. The maximum atomic E-state index is 13.1. The Balaban J connectivity index is 2.84. The Bertz CT molecular complexity index is 504. The van der Waals surface area contributed by atoms with Gasteiger partial charge >= 0.3 is 6.18 Å². The van der Waals surface area contributed by atoms with Gasteiger partial charge in [0.25, 0.3) is 0 Å². The van der Waals surface area contributed by atoms with E-state index in [1.54, 1.807) is 0 Å². The molecule has 0 amide bonds. The summed E-state index contributed by atoms with van der Waals surface area (Å²) in [4.78, 5) is 3.55. The number of benzene rings is 1. The van der Waals surface area contributed by atoms with E-state index in [4.69, 9.17) is 0 Å². The number of hydrogen-bond donors (Lipinski definition) is 0. The summed E-state index contributed by atoms with van der Waals surface area (Å²) in [5.74, 6) is -0.703. The van der Waals surface area contributed by atoms with Crippen molar-refractivity contribution in [1.82, 2.24) is 4.98 Å². The minimum Gasteiger partial charge on any atom is -0.256 e. The van der Waals surface area contributed by atoms with Crippen molar-refractivity contribution < 1.29 is 17.6 Å². The SMILES string of the molecule is Fc1ccc(C(F)(F)F)c2ncccc12. The van der Waals surface area contributed by atoms with E-state index in [0.29, 0.717) is 6.07 Å². The van der Waals surface area contributed by atoms with Gasteiger partial charge in [0.2, 0.25) is 0 Å². The van der Waals surface area contributed by atoms with Crippen LogP contribution in [0.1, 0.15) is 5.56 Å². The Labute approximate surface area is 82.4 Å². The van der Waals surface area contributed by atoms with Crippen molar-refractivity contribution in [2.24, 2.45) is 0 Å². The largest absolute Gasteiger partial charge is 0.418 e. The molecule has 0 atom stereocenters. The van der Waals surface area contributed by atoms with E-state index >= 15 is 0 Å². The van der Waals surface area contributed by atoms with Crippen LogP contribution < -0.4 is 0 Å². The first-order valence-electron chi connectivity index (χ1n) is 4.10. The van der Waals surface area contributed by atoms with Crippen molar-refractivity contribution in [1.29, 1.82) is 0 Å². The molecule has 2 rings (SSSR count). The fourth-order valence-electron chi connectivity index (χ4n) is 1.37. The van der Waals surface area contributed by atoms with Crippen molar-refractivity contribution in [3.05, 3.63) is 41.8 Å². The summed E-state index contributed by atoms with van der Waals surface area (Å²) in [5, 5.41) is -0.118. The van der Waals surface area contributed by atoms with Gasteiger partial charge in [-0.15, -0.1) is 0 Å². The zero-order valence-corrected chi connectivity index (χ0v) is 7.35. The number of aromatic nitrogens is 1. The molecule has 0 fully saturated rings. The van der Waals surface area contributed by atoms with E-state index in [0.717, 1.165) is 6.07 Å². The predicted molar refractivity (Wildman–Crippen MR) is 46.7 cm³/mol. The predicted octanol–water partition coefficient (Wildman–Crippen LogP) is 3.39. The van der Waals surface area contributed by atoms with Gasteiger partial charge in [-0.05, 0) is 24.3 Å². The number of halogens is 4. The Kier molecular flexibility index (Phi) is 2.10. The monoisotopic (exact) mass is 215 g/mol. The molecule has 0 N–H and O–H groups in total. The number of fused-ring (bicyclic) bond motifs is 1. The fourth-order valence-corrected chi connectivity index (χ4v) is 1.37. The van der Waals surface area contributed by atoms with Crippen LogP contribution >= 0.6 is 0 Å². The normalized spacial score (nSPS) is 12.0. The average molecular weight is 215 g/mol. The van der Waals surface area contributed by atoms with Gasteiger partial charge in [-0.1, -0.05) is 0 Å². The highest BCUT2D eigenvalue weighted by Crippen LogP contribution is 2.34. The van der Waals surface area contributed by atoms with Gasteiger partial charge < -0.3 is 0 Å². The maximum Gasteiger partial charge on any atom is 0.418 e. The van der Waals surface area contributed by atoms with Gasteiger partial charge in [0, 0.05) is 11.6 Å². The molecule has 15 heavy (non-hydrogen) atoms. The Morgan fingerprint density at radius 3 is 2.47 bits per heavy atom. The third-order valence-corrected chi connectivity index (χ3v) is 2.02. The average Bonchev–Trinajstić information content (AvgIpc) is 2.17. The van der Waals surface area contributed by atoms with Crippen LogP contribution in [0.4, 0.5) is 17.6 Å². The summed E-state index contributed by atoms with van der Waals surface area (Å²) < 4.78 is 50.6. The van der Waals surface area contributed by atoms with Crippen LogP contribution in [0.25, 0.3) is 10.9 Å². The van der Waals surface area contributed by atoms with Gasteiger partial charge in [0.1, 0.15) is 5.82 Å². The molecule has 0 spiro atoms. The molecule has 0 unspecified atom stereocenters. The second kappa shape index (κ2) is 3.18. The summed E-state index contributed by atoms with van der Waals surface area (Å²) >= 11 is 0. The zero-order chi connectivity index (χ0) is 11.1. The standard InChI is InChI=1S/C10H5F4N/c11-8-4-3-7(10(12,13)14)9-6(8)2-1-5-15-9/h1-5H. The molecule has 1 aromatic carbocycles. The molecule has 78 valence electrons. The second-order valence-electron chi connectivity index (χ2n) is 2.99.